The van der Waals surface area contributed by atoms with Crippen LogP contribution in [-0.2, 0) is 6.54 Å². The lowest BCUT2D eigenvalue weighted by Gasteiger charge is -2.15. The van der Waals surface area contributed by atoms with Gasteiger partial charge in [0.25, 0.3) is 5.56 Å². The quantitative estimate of drug-likeness (QED) is 0.563. The maximum Gasteiger partial charge on any atom is 0.266 e. The Balaban J connectivity index is 1.97. The molecule has 3 aromatic carbocycles. The highest BCUT2D eigenvalue weighted by atomic mass is 16.3. The summed E-state index contributed by atoms with van der Waals surface area (Å²) >= 11 is 0. The smallest absolute Gasteiger partial charge is 0.266 e. The molecule has 27 heavy (non-hydrogen) atoms. The van der Waals surface area contributed by atoms with E-state index >= 15 is 0 Å². The Bertz CT molecular complexity index is 1180. The monoisotopic (exact) mass is 355 g/mol. The number of rotatable bonds is 4. The number of ketones is 1. The molecule has 1 heterocycles. The Morgan fingerprint density at radius 3 is 2.11 bits per heavy atom. The highest BCUT2D eigenvalue weighted by Crippen LogP contribution is 2.28. The molecule has 0 saturated heterocycles. The van der Waals surface area contributed by atoms with Crippen molar-refractivity contribution in [3.05, 3.63) is 112 Å². The third kappa shape index (κ3) is 3.02. The number of carbonyl (C=O) groups excluding carboxylic acids is 1. The molecule has 4 aromatic rings. The molecule has 4 nitrogen and oxygen atoms in total. The number of benzene rings is 3. The summed E-state index contributed by atoms with van der Waals surface area (Å²) < 4.78 is 1.54. The van der Waals surface area contributed by atoms with E-state index in [1.54, 1.807) is 59.2 Å². The fraction of sp³-hybridized carbons (Fsp3) is 0.0435. The second-order valence-electron chi connectivity index (χ2n) is 6.31. The first-order valence-electron chi connectivity index (χ1n) is 8.65. The van der Waals surface area contributed by atoms with Crippen molar-refractivity contribution in [3.63, 3.8) is 0 Å². The minimum Gasteiger partial charge on any atom is -0.506 e. The van der Waals surface area contributed by atoms with Gasteiger partial charge in [0.1, 0.15) is 11.3 Å². The van der Waals surface area contributed by atoms with Crippen LogP contribution in [0.2, 0.25) is 0 Å². The highest BCUT2D eigenvalue weighted by molar-refractivity contribution is 6.12. The Labute approximate surface area is 156 Å². The maximum absolute atomic E-state index is 13.2. The summed E-state index contributed by atoms with van der Waals surface area (Å²) in [6.45, 7) is 0.315. The first kappa shape index (κ1) is 16.8. The Kier molecular flexibility index (Phi) is 4.30. The highest BCUT2D eigenvalue weighted by Gasteiger charge is 2.23. The van der Waals surface area contributed by atoms with E-state index in [1.165, 1.54) is 0 Å². The molecule has 0 amide bonds. The Morgan fingerprint density at radius 1 is 0.815 bits per heavy atom. The molecule has 132 valence electrons. The second kappa shape index (κ2) is 6.92. The van der Waals surface area contributed by atoms with E-state index in [4.69, 9.17) is 0 Å². The number of pyridine rings is 1. The minimum absolute atomic E-state index is 0.198. The van der Waals surface area contributed by atoms with Crippen molar-refractivity contribution in [2.24, 2.45) is 0 Å². The Morgan fingerprint density at radius 2 is 1.41 bits per heavy atom. The molecule has 0 unspecified atom stereocenters. The van der Waals surface area contributed by atoms with Gasteiger partial charge in [-0.05, 0) is 17.7 Å². The lowest BCUT2D eigenvalue weighted by atomic mass is 10.0. The van der Waals surface area contributed by atoms with Gasteiger partial charge in [-0.1, -0.05) is 72.8 Å². The lowest BCUT2D eigenvalue weighted by molar-refractivity contribution is 0.103. The molecule has 0 bridgehead atoms. The van der Waals surface area contributed by atoms with Crippen LogP contribution in [0, 0.1) is 0 Å². The van der Waals surface area contributed by atoms with Gasteiger partial charge in [-0.25, -0.2) is 0 Å². The van der Waals surface area contributed by atoms with Crippen LogP contribution in [0.1, 0.15) is 21.5 Å². The number of fused-ring (bicyclic) bond motifs is 1. The minimum atomic E-state index is -0.496. The van der Waals surface area contributed by atoms with E-state index in [0.717, 1.165) is 5.56 Å². The molecule has 0 aliphatic rings. The predicted molar refractivity (Wildman–Crippen MR) is 105 cm³/mol. The predicted octanol–water partition coefficient (Wildman–Crippen LogP) is 3.99. The maximum atomic E-state index is 13.2. The largest absolute Gasteiger partial charge is 0.506 e. The van der Waals surface area contributed by atoms with E-state index < -0.39 is 11.3 Å². The zero-order chi connectivity index (χ0) is 18.8. The number of para-hydroxylation sites is 1. The van der Waals surface area contributed by atoms with Gasteiger partial charge in [-0.2, -0.15) is 0 Å². The summed E-state index contributed by atoms with van der Waals surface area (Å²) in [7, 11) is 0. The standard InChI is InChI=1S/C23H17NO3/c25-21(17-11-5-2-6-12-17)20-22(26)18-13-7-8-14-19(18)24(23(20)27)15-16-9-3-1-4-10-16/h1-14,26H,15H2. The van der Waals surface area contributed by atoms with Gasteiger partial charge in [0.05, 0.1) is 12.1 Å². The second-order valence-corrected chi connectivity index (χ2v) is 6.31. The molecule has 0 atom stereocenters. The van der Waals surface area contributed by atoms with Crippen molar-refractivity contribution in [1.82, 2.24) is 4.57 Å². The van der Waals surface area contributed by atoms with Crippen molar-refractivity contribution in [3.8, 4) is 5.75 Å². The fourth-order valence-electron chi connectivity index (χ4n) is 3.25. The third-order valence-corrected chi connectivity index (χ3v) is 4.59. The van der Waals surface area contributed by atoms with Crippen LogP contribution in [0.15, 0.2) is 89.7 Å². The van der Waals surface area contributed by atoms with Gasteiger partial charge in [0.15, 0.2) is 0 Å². The third-order valence-electron chi connectivity index (χ3n) is 4.59. The summed E-state index contributed by atoms with van der Waals surface area (Å²) in [5, 5.41) is 11.2. The molecule has 0 aliphatic carbocycles. The summed E-state index contributed by atoms with van der Waals surface area (Å²) in [6, 6.07) is 25.2. The van der Waals surface area contributed by atoms with Gasteiger partial charge >= 0.3 is 0 Å². The number of aromatic nitrogens is 1. The zero-order valence-electron chi connectivity index (χ0n) is 14.5. The number of hydrogen-bond donors (Lipinski definition) is 1. The van der Waals surface area contributed by atoms with Crippen LogP contribution in [0.3, 0.4) is 0 Å². The Hall–Kier alpha value is -3.66. The molecule has 4 rings (SSSR count). The summed E-state index contributed by atoms with van der Waals surface area (Å²) in [4.78, 5) is 26.2. The lowest BCUT2D eigenvalue weighted by Crippen LogP contribution is -2.28. The normalized spacial score (nSPS) is 10.8. The first-order chi connectivity index (χ1) is 13.2. The van der Waals surface area contributed by atoms with Crippen LogP contribution < -0.4 is 5.56 Å². The van der Waals surface area contributed by atoms with Gasteiger partial charge in [-0.3, -0.25) is 9.59 Å². The zero-order valence-corrected chi connectivity index (χ0v) is 14.5. The van der Waals surface area contributed by atoms with Crippen molar-refractivity contribution in [2.45, 2.75) is 6.54 Å². The SMILES string of the molecule is O=C(c1ccccc1)c1c(O)c2ccccc2n(Cc2ccccc2)c1=O. The number of hydrogen-bond acceptors (Lipinski definition) is 3. The van der Waals surface area contributed by atoms with Gasteiger partial charge in [-0.15, -0.1) is 0 Å². The molecule has 0 radical (unpaired) electrons. The van der Waals surface area contributed by atoms with Gasteiger partial charge in [0.2, 0.25) is 5.78 Å². The molecule has 1 aromatic heterocycles. The van der Waals surface area contributed by atoms with Crippen molar-refractivity contribution in [2.75, 3.05) is 0 Å². The average Bonchev–Trinajstić information content (AvgIpc) is 2.72. The van der Waals surface area contributed by atoms with Crippen molar-refractivity contribution in [1.29, 1.82) is 0 Å². The van der Waals surface area contributed by atoms with Crippen LogP contribution in [-0.4, -0.2) is 15.5 Å². The number of carbonyl (C=O) groups is 1. The summed E-state index contributed by atoms with van der Waals surface area (Å²) in [5.41, 5.74) is 1.20. The van der Waals surface area contributed by atoms with Crippen LogP contribution in [0.25, 0.3) is 10.9 Å². The van der Waals surface area contributed by atoms with Gasteiger partial charge < -0.3 is 9.67 Å². The van der Waals surface area contributed by atoms with Gasteiger partial charge in [0, 0.05) is 10.9 Å². The molecular weight excluding hydrogens is 338 g/mol. The molecule has 0 fully saturated rings. The molecule has 1 N–H and O–H groups in total. The van der Waals surface area contributed by atoms with E-state index in [2.05, 4.69) is 0 Å². The van der Waals surface area contributed by atoms with E-state index in [9.17, 15) is 14.7 Å². The van der Waals surface area contributed by atoms with Crippen molar-refractivity contribution >= 4 is 16.7 Å². The van der Waals surface area contributed by atoms with E-state index in [-0.39, 0.29) is 11.3 Å². The fourth-order valence-corrected chi connectivity index (χ4v) is 3.25. The molecular formula is C23H17NO3. The average molecular weight is 355 g/mol. The van der Waals surface area contributed by atoms with Crippen LogP contribution >= 0.6 is 0 Å². The topological polar surface area (TPSA) is 59.3 Å². The summed E-state index contributed by atoms with van der Waals surface area (Å²) in [5.74, 6) is -0.751. The molecule has 0 saturated carbocycles. The molecule has 0 spiro atoms. The molecule has 4 heteroatoms. The molecule has 0 aliphatic heterocycles. The van der Waals surface area contributed by atoms with Crippen LogP contribution in [0.4, 0.5) is 0 Å². The van der Waals surface area contributed by atoms with E-state index in [1.807, 2.05) is 30.3 Å². The van der Waals surface area contributed by atoms with Crippen molar-refractivity contribution < 1.29 is 9.90 Å². The van der Waals surface area contributed by atoms with E-state index in [0.29, 0.717) is 23.0 Å². The number of nitrogens with zero attached hydrogens (tertiary/aromatic N) is 1. The summed E-state index contributed by atoms with van der Waals surface area (Å²) in [6.07, 6.45) is 0. The van der Waals surface area contributed by atoms with Crippen LogP contribution in [0.5, 0.6) is 5.75 Å². The number of aromatic hydroxyl groups is 1. The first-order valence-corrected chi connectivity index (χ1v) is 8.65.